The van der Waals surface area contributed by atoms with E-state index in [-0.39, 0.29) is 0 Å². The van der Waals surface area contributed by atoms with Crippen molar-refractivity contribution in [3.05, 3.63) is 12.3 Å². The van der Waals surface area contributed by atoms with Gasteiger partial charge in [0.15, 0.2) is 0 Å². The SMILES string of the molecule is CCCCCNc1ccnc(NCCN(C)C)n1. The van der Waals surface area contributed by atoms with Crippen molar-refractivity contribution in [1.29, 1.82) is 0 Å². The van der Waals surface area contributed by atoms with Crippen LogP contribution >= 0.6 is 0 Å². The van der Waals surface area contributed by atoms with Gasteiger partial charge >= 0.3 is 0 Å². The summed E-state index contributed by atoms with van der Waals surface area (Å²) in [6, 6.07) is 1.91. The molecule has 0 aliphatic heterocycles. The topological polar surface area (TPSA) is 53.1 Å². The molecule has 0 aliphatic carbocycles. The van der Waals surface area contributed by atoms with E-state index in [0.717, 1.165) is 25.5 Å². The maximum atomic E-state index is 4.42. The lowest BCUT2D eigenvalue weighted by molar-refractivity contribution is 0.425. The standard InChI is InChI=1S/C13H25N5/c1-4-5-6-8-14-12-7-9-15-13(17-12)16-10-11-18(2)3/h7,9H,4-6,8,10-11H2,1-3H3,(H2,14,15,16,17). The molecule has 0 amide bonds. The minimum atomic E-state index is 0.692. The second-order valence-corrected chi connectivity index (χ2v) is 4.63. The summed E-state index contributed by atoms with van der Waals surface area (Å²) in [5.74, 6) is 1.59. The second-order valence-electron chi connectivity index (χ2n) is 4.63. The van der Waals surface area contributed by atoms with Gasteiger partial charge in [0, 0.05) is 25.8 Å². The highest BCUT2D eigenvalue weighted by atomic mass is 15.2. The Kier molecular flexibility index (Phi) is 7.10. The Labute approximate surface area is 110 Å². The van der Waals surface area contributed by atoms with Gasteiger partial charge in [0.1, 0.15) is 5.82 Å². The molecule has 1 aromatic rings. The monoisotopic (exact) mass is 251 g/mol. The van der Waals surface area contributed by atoms with Crippen molar-refractivity contribution in [2.24, 2.45) is 0 Å². The third kappa shape index (κ3) is 6.39. The van der Waals surface area contributed by atoms with E-state index in [2.05, 4.69) is 32.4 Å². The van der Waals surface area contributed by atoms with Gasteiger partial charge in [-0.3, -0.25) is 0 Å². The van der Waals surface area contributed by atoms with Crippen molar-refractivity contribution in [3.8, 4) is 0 Å². The Morgan fingerprint density at radius 2 is 2.00 bits per heavy atom. The molecule has 102 valence electrons. The normalized spacial score (nSPS) is 10.7. The molecule has 1 rings (SSSR count). The van der Waals surface area contributed by atoms with Crippen LogP contribution < -0.4 is 10.6 Å². The minimum absolute atomic E-state index is 0.692. The Balaban J connectivity index is 2.32. The highest BCUT2D eigenvalue weighted by Crippen LogP contribution is 2.06. The zero-order chi connectivity index (χ0) is 13.2. The molecular weight excluding hydrogens is 226 g/mol. The Morgan fingerprint density at radius 3 is 2.72 bits per heavy atom. The van der Waals surface area contributed by atoms with Crippen molar-refractivity contribution in [3.63, 3.8) is 0 Å². The van der Waals surface area contributed by atoms with Gasteiger partial charge in [-0.1, -0.05) is 19.8 Å². The molecule has 0 atom stereocenters. The molecule has 1 heterocycles. The van der Waals surface area contributed by atoms with E-state index in [1.54, 1.807) is 6.20 Å². The summed E-state index contributed by atoms with van der Waals surface area (Å²) >= 11 is 0. The third-order valence-corrected chi connectivity index (χ3v) is 2.58. The van der Waals surface area contributed by atoms with Crippen LogP contribution in [0.25, 0.3) is 0 Å². The molecule has 5 nitrogen and oxygen atoms in total. The molecule has 0 aromatic carbocycles. The molecule has 0 radical (unpaired) electrons. The van der Waals surface area contributed by atoms with Gasteiger partial charge in [0.05, 0.1) is 0 Å². The summed E-state index contributed by atoms with van der Waals surface area (Å²) in [5.41, 5.74) is 0. The molecule has 0 spiro atoms. The van der Waals surface area contributed by atoms with Crippen LogP contribution in [0.1, 0.15) is 26.2 Å². The first-order valence-electron chi connectivity index (χ1n) is 6.68. The number of hydrogen-bond acceptors (Lipinski definition) is 5. The van der Waals surface area contributed by atoms with Crippen LogP contribution in [0.2, 0.25) is 0 Å². The number of anilines is 2. The fourth-order valence-electron chi connectivity index (χ4n) is 1.53. The van der Waals surface area contributed by atoms with Crippen molar-refractivity contribution < 1.29 is 0 Å². The smallest absolute Gasteiger partial charge is 0.224 e. The largest absolute Gasteiger partial charge is 0.370 e. The summed E-state index contributed by atoms with van der Waals surface area (Å²) in [6.07, 6.45) is 5.46. The van der Waals surface area contributed by atoms with Gasteiger partial charge in [0.2, 0.25) is 5.95 Å². The first-order chi connectivity index (χ1) is 8.72. The van der Waals surface area contributed by atoms with Crippen molar-refractivity contribution in [2.75, 3.05) is 44.4 Å². The molecule has 1 aromatic heterocycles. The van der Waals surface area contributed by atoms with Crippen LogP contribution in [0.4, 0.5) is 11.8 Å². The number of rotatable bonds is 9. The van der Waals surface area contributed by atoms with Crippen LogP contribution in [-0.2, 0) is 0 Å². The summed E-state index contributed by atoms with van der Waals surface area (Å²) in [4.78, 5) is 10.7. The minimum Gasteiger partial charge on any atom is -0.370 e. The molecule has 0 saturated heterocycles. The van der Waals surface area contributed by atoms with Gasteiger partial charge < -0.3 is 15.5 Å². The lowest BCUT2D eigenvalue weighted by Crippen LogP contribution is -2.21. The molecule has 18 heavy (non-hydrogen) atoms. The predicted molar refractivity (Wildman–Crippen MR) is 77.1 cm³/mol. The number of nitrogens with zero attached hydrogens (tertiary/aromatic N) is 3. The second kappa shape index (κ2) is 8.69. The molecule has 0 saturated carbocycles. The van der Waals surface area contributed by atoms with E-state index in [1.165, 1.54) is 19.3 Å². The Bertz CT molecular complexity index is 327. The van der Waals surface area contributed by atoms with Crippen molar-refractivity contribution in [2.45, 2.75) is 26.2 Å². The quantitative estimate of drug-likeness (QED) is 0.658. The first kappa shape index (κ1) is 14.7. The summed E-state index contributed by atoms with van der Waals surface area (Å²) in [7, 11) is 4.10. The maximum absolute atomic E-state index is 4.42. The zero-order valence-electron chi connectivity index (χ0n) is 11.7. The number of nitrogens with one attached hydrogen (secondary N) is 2. The van der Waals surface area contributed by atoms with Gasteiger partial charge in [-0.25, -0.2) is 4.98 Å². The predicted octanol–water partition coefficient (Wildman–Crippen LogP) is 2.05. The van der Waals surface area contributed by atoms with Crippen molar-refractivity contribution >= 4 is 11.8 Å². The molecule has 2 N–H and O–H groups in total. The van der Waals surface area contributed by atoms with Crippen molar-refractivity contribution in [1.82, 2.24) is 14.9 Å². The average Bonchev–Trinajstić information content (AvgIpc) is 2.35. The van der Waals surface area contributed by atoms with E-state index >= 15 is 0 Å². The fourth-order valence-corrected chi connectivity index (χ4v) is 1.53. The van der Waals surface area contributed by atoms with Crippen LogP contribution in [0, 0.1) is 0 Å². The van der Waals surface area contributed by atoms with E-state index in [1.807, 2.05) is 20.2 Å². The third-order valence-electron chi connectivity index (χ3n) is 2.58. The summed E-state index contributed by atoms with van der Waals surface area (Å²) in [6.45, 7) is 5.00. The molecule has 0 unspecified atom stereocenters. The lowest BCUT2D eigenvalue weighted by Gasteiger charge is -2.11. The lowest BCUT2D eigenvalue weighted by atomic mass is 10.2. The maximum Gasteiger partial charge on any atom is 0.224 e. The van der Waals surface area contributed by atoms with E-state index in [4.69, 9.17) is 0 Å². The van der Waals surface area contributed by atoms with E-state index < -0.39 is 0 Å². The summed E-state index contributed by atoms with van der Waals surface area (Å²) < 4.78 is 0. The number of likely N-dealkylation sites (N-methyl/N-ethyl adjacent to an activating group) is 1. The fraction of sp³-hybridized carbons (Fsp3) is 0.692. The highest BCUT2D eigenvalue weighted by Gasteiger charge is 1.98. The molecule has 0 fully saturated rings. The number of aromatic nitrogens is 2. The van der Waals surface area contributed by atoms with E-state index in [9.17, 15) is 0 Å². The van der Waals surface area contributed by atoms with Gasteiger partial charge in [-0.05, 0) is 26.6 Å². The number of unbranched alkanes of at least 4 members (excludes halogenated alkanes) is 2. The molecule has 0 bridgehead atoms. The highest BCUT2D eigenvalue weighted by molar-refractivity contribution is 5.39. The van der Waals surface area contributed by atoms with Crippen LogP contribution in [0.5, 0.6) is 0 Å². The summed E-state index contributed by atoms with van der Waals surface area (Å²) in [5, 5.41) is 6.53. The zero-order valence-corrected chi connectivity index (χ0v) is 11.7. The van der Waals surface area contributed by atoms with Gasteiger partial charge in [0.25, 0.3) is 0 Å². The average molecular weight is 251 g/mol. The van der Waals surface area contributed by atoms with Gasteiger partial charge in [-0.2, -0.15) is 4.98 Å². The van der Waals surface area contributed by atoms with Crippen LogP contribution in [-0.4, -0.2) is 48.6 Å². The van der Waals surface area contributed by atoms with Crippen LogP contribution in [0.15, 0.2) is 12.3 Å². The van der Waals surface area contributed by atoms with E-state index in [0.29, 0.717) is 5.95 Å². The van der Waals surface area contributed by atoms with Crippen LogP contribution in [0.3, 0.4) is 0 Å². The molecular formula is C13H25N5. The Morgan fingerprint density at radius 1 is 1.17 bits per heavy atom. The Hall–Kier alpha value is -1.36. The van der Waals surface area contributed by atoms with Gasteiger partial charge in [-0.15, -0.1) is 0 Å². The first-order valence-corrected chi connectivity index (χ1v) is 6.68. The molecule has 0 aliphatic rings. The number of hydrogen-bond donors (Lipinski definition) is 2. The molecule has 5 heteroatoms.